The number of nitrogens with zero attached hydrogens (tertiary/aromatic N) is 1. The van der Waals surface area contributed by atoms with E-state index >= 15 is 0 Å². The zero-order chi connectivity index (χ0) is 12.9. The van der Waals surface area contributed by atoms with E-state index in [2.05, 4.69) is 10.3 Å². The molecular weight excluding hydrogens is 237 g/mol. The predicted molar refractivity (Wildman–Crippen MR) is 53.2 cm³/mol. The van der Waals surface area contributed by atoms with Crippen LogP contribution < -0.4 is 5.32 Å². The number of hydrogen-bond donors (Lipinski definition) is 1. The van der Waals surface area contributed by atoms with E-state index in [-0.39, 0.29) is 6.73 Å². The number of carbonyl (C=O) groups is 1. The lowest BCUT2D eigenvalue weighted by Gasteiger charge is -2.11. The first-order valence-electron chi connectivity index (χ1n) is 4.84. The highest BCUT2D eigenvalue weighted by atomic mass is 19.4. The average Bonchev–Trinajstić information content (AvgIpc) is 2.28. The Bertz CT molecular complexity index is 393. The smallest absolute Gasteiger partial charge is 0.362 e. The minimum Gasteiger partial charge on any atom is -0.362 e. The predicted octanol–water partition coefficient (Wildman–Crippen LogP) is 1.82. The second-order valence-corrected chi connectivity index (χ2v) is 3.06. The van der Waals surface area contributed by atoms with E-state index in [1.165, 1.54) is 0 Å². The third kappa shape index (κ3) is 3.70. The van der Waals surface area contributed by atoms with Gasteiger partial charge in [0.2, 0.25) is 0 Å². The summed E-state index contributed by atoms with van der Waals surface area (Å²) < 4.78 is 42.5. The summed E-state index contributed by atoms with van der Waals surface area (Å²) in [7, 11) is 0. The van der Waals surface area contributed by atoms with Gasteiger partial charge in [-0.25, -0.2) is 0 Å². The lowest BCUT2D eigenvalue weighted by molar-refractivity contribution is -0.138. The van der Waals surface area contributed by atoms with Crippen molar-refractivity contribution in [1.82, 2.24) is 10.3 Å². The molecule has 7 heteroatoms. The summed E-state index contributed by atoms with van der Waals surface area (Å²) in [6.45, 7) is 1.93. The molecule has 0 unspecified atom stereocenters. The maximum Gasteiger partial charge on any atom is 0.417 e. The van der Waals surface area contributed by atoms with Crippen LogP contribution in [-0.2, 0) is 10.9 Å². The Balaban J connectivity index is 2.86. The normalized spacial score (nSPS) is 11.3. The van der Waals surface area contributed by atoms with Gasteiger partial charge in [-0.2, -0.15) is 13.2 Å². The highest BCUT2D eigenvalue weighted by Gasteiger charge is 2.35. The van der Waals surface area contributed by atoms with Crippen molar-refractivity contribution in [1.29, 1.82) is 0 Å². The monoisotopic (exact) mass is 248 g/mol. The number of aromatic nitrogens is 1. The summed E-state index contributed by atoms with van der Waals surface area (Å²) in [5, 5.41) is 2.21. The van der Waals surface area contributed by atoms with Crippen molar-refractivity contribution in [2.24, 2.45) is 0 Å². The molecule has 1 aromatic rings. The largest absolute Gasteiger partial charge is 0.417 e. The minimum atomic E-state index is -4.58. The van der Waals surface area contributed by atoms with Crippen LogP contribution in [0.25, 0.3) is 0 Å². The first-order valence-corrected chi connectivity index (χ1v) is 4.84. The Hall–Kier alpha value is -1.63. The molecule has 0 spiro atoms. The first kappa shape index (κ1) is 13.4. The molecule has 4 nitrogen and oxygen atoms in total. The molecule has 0 bridgehead atoms. The van der Waals surface area contributed by atoms with E-state index < -0.39 is 23.2 Å². The van der Waals surface area contributed by atoms with Gasteiger partial charge in [0, 0.05) is 19.0 Å². The number of hydrogen-bond acceptors (Lipinski definition) is 3. The fourth-order valence-corrected chi connectivity index (χ4v) is 1.14. The molecule has 0 atom stereocenters. The fraction of sp³-hybridized carbons (Fsp3) is 0.400. The zero-order valence-corrected chi connectivity index (χ0v) is 9.04. The SMILES string of the molecule is CCOCNC(=O)c1cnccc1C(F)(F)F. The Morgan fingerprint density at radius 1 is 1.53 bits per heavy atom. The first-order chi connectivity index (χ1) is 7.96. The van der Waals surface area contributed by atoms with Gasteiger partial charge in [0.15, 0.2) is 0 Å². The minimum absolute atomic E-state index is 0.137. The van der Waals surface area contributed by atoms with Crippen molar-refractivity contribution >= 4 is 5.91 Å². The van der Waals surface area contributed by atoms with Gasteiger partial charge in [0.25, 0.3) is 5.91 Å². The highest BCUT2D eigenvalue weighted by Crippen LogP contribution is 2.31. The molecule has 0 aliphatic heterocycles. The van der Waals surface area contributed by atoms with Crippen LogP contribution in [0, 0.1) is 0 Å². The lowest BCUT2D eigenvalue weighted by atomic mass is 10.1. The van der Waals surface area contributed by atoms with Crippen molar-refractivity contribution < 1.29 is 22.7 Å². The Labute approximate surface area is 95.8 Å². The van der Waals surface area contributed by atoms with Gasteiger partial charge in [0.05, 0.1) is 11.1 Å². The second kappa shape index (κ2) is 5.62. The van der Waals surface area contributed by atoms with Crippen molar-refractivity contribution in [3.05, 3.63) is 29.6 Å². The van der Waals surface area contributed by atoms with Crippen molar-refractivity contribution in [3.8, 4) is 0 Å². The van der Waals surface area contributed by atoms with E-state index in [1.807, 2.05) is 0 Å². The fourth-order valence-electron chi connectivity index (χ4n) is 1.14. The summed E-state index contributed by atoms with van der Waals surface area (Å²) in [6, 6.07) is 0.760. The molecule has 0 saturated heterocycles. The number of pyridine rings is 1. The van der Waals surface area contributed by atoms with Crippen LogP contribution in [0.15, 0.2) is 18.5 Å². The van der Waals surface area contributed by atoms with Gasteiger partial charge in [-0.3, -0.25) is 9.78 Å². The standard InChI is InChI=1S/C10H11F3N2O2/c1-2-17-6-15-9(16)7-5-14-4-3-8(7)10(11,12)13/h3-5H,2,6H2,1H3,(H,15,16). The molecule has 1 rings (SSSR count). The van der Waals surface area contributed by atoms with Crippen LogP contribution in [0.2, 0.25) is 0 Å². The van der Waals surface area contributed by atoms with Gasteiger partial charge in [0.1, 0.15) is 6.73 Å². The molecule has 1 heterocycles. The van der Waals surface area contributed by atoms with E-state index in [9.17, 15) is 18.0 Å². The van der Waals surface area contributed by atoms with Crippen LogP contribution in [0.4, 0.5) is 13.2 Å². The molecule has 1 N–H and O–H groups in total. The molecule has 0 fully saturated rings. The van der Waals surface area contributed by atoms with Gasteiger partial charge < -0.3 is 10.1 Å². The van der Waals surface area contributed by atoms with E-state index in [0.29, 0.717) is 6.61 Å². The van der Waals surface area contributed by atoms with Crippen molar-refractivity contribution in [3.63, 3.8) is 0 Å². The van der Waals surface area contributed by atoms with Crippen molar-refractivity contribution in [2.75, 3.05) is 13.3 Å². The summed E-state index contributed by atoms with van der Waals surface area (Å²) in [4.78, 5) is 15.0. The number of rotatable bonds is 4. The Kier molecular flexibility index (Phi) is 4.45. The molecule has 0 radical (unpaired) electrons. The van der Waals surface area contributed by atoms with Crippen LogP contribution in [0.5, 0.6) is 0 Å². The third-order valence-corrected chi connectivity index (χ3v) is 1.91. The Morgan fingerprint density at radius 2 is 2.24 bits per heavy atom. The van der Waals surface area contributed by atoms with Crippen LogP contribution in [0.3, 0.4) is 0 Å². The molecule has 0 aliphatic rings. The highest BCUT2D eigenvalue weighted by molar-refractivity contribution is 5.95. The number of amides is 1. The van der Waals surface area contributed by atoms with Gasteiger partial charge in [-0.05, 0) is 13.0 Å². The van der Waals surface area contributed by atoms with Crippen LogP contribution in [0.1, 0.15) is 22.8 Å². The Morgan fingerprint density at radius 3 is 2.82 bits per heavy atom. The maximum absolute atomic E-state index is 12.6. The molecule has 0 aliphatic carbocycles. The third-order valence-electron chi connectivity index (χ3n) is 1.91. The number of alkyl halides is 3. The van der Waals surface area contributed by atoms with Crippen LogP contribution in [-0.4, -0.2) is 24.2 Å². The molecule has 0 saturated carbocycles. The van der Waals surface area contributed by atoms with Gasteiger partial charge in [-0.15, -0.1) is 0 Å². The molecular formula is C10H11F3N2O2. The average molecular weight is 248 g/mol. The van der Waals surface area contributed by atoms with Gasteiger partial charge in [-0.1, -0.05) is 0 Å². The summed E-state index contributed by atoms with van der Waals surface area (Å²) in [5.74, 6) is -0.862. The number of nitrogens with one attached hydrogen (secondary N) is 1. The zero-order valence-electron chi connectivity index (χ0n) is 9.04. The second-order valence-electron chi connectivity index (χ2n) is 3.06. The maximum atomic E-state index is 12.6. The van der Waals surface area contributed by atoms with Gasteiger partial charge >= 0.3 is 6.18 Å². The molecule has 0 aromatic carbocycles. The van der Waals surface area contributed by atoms with E-state index in [1.54, 1.807) is 6.92 Å². The molecule has 94 valence electrons. The summed E-state index contributed by atoms with van der Waals surface area (Å²) in [5.41, 5.74) is -1.53. The summed E-state index contributed by atoms with van der Waals surface area (Å²) in [6.07, 6.45) is -2.71. The quantitative estimate of drug-likeness (QED) is 0.653. The summed E-state index contributed by atoms with van der Waals surface area (Å²) >= 11 is 0. The number of halogens is 3. The van der Waals surface area contributed by atoms with E-state index in [0.717, 1.165) is 18.5 Å². The number of carbonyl (C=O) groups excluding carboxylic acids is 1. The molecule has 1 aromatic heterocycles. The van der Waals surface area contributed by atoms with Crippen molar-refractivity contribution in [2.45, 2.75) is 13.1 Å². The molecule has 1 amide bonds. The van der Waals surface area contributed by atoms with E-state index in [4.69, 9.17) is 4.74 Å². The molecule has 17 heavy (non-hydrogen) atoms. The lowest BCUT2D eigenvalue weighted by Crippen LogP contribution is -2.28. The van der Waals surface area contributed by atoms with Crippen LogP contribution >= 0.6 is 0 Å². The number of ether oxygens (including phenoxy) is 1. The topological polar surface area (TPSA) is 51.2 Å².